The largest absolute Gasteiger partial charge is 0.330 e. The molecule has 0 saturated carbocycles. The zero-order chi connectivity index (χ0) is 19.8. The molecule has 0 spiro atoms. The molecule has 7 heteroatoms. The number of carbonyl (C=O) groups is 1. The number of likely N-dealkylation sites (tertiary alicyclic amines) is 1. The molecular weight excluding hydrogens is 374 g/mol. The molecule has 1 aliphatic heterocycles. The van der Waals surface area contributed by atoms with E-state index in [1.807, 2.05) is 42.7 Å². The first-order valence-electron chi connectivity index (χ1n) is 9.49. The van der Waals surface area contributed by atoms with Crippen molar-refractivity contribution in [3.8, 4) is 0 Å². The van der Waals surface area contributed by atoms with Crippen LogP contribution in [0.3, 0.4) is 0 Å². The number of aryl methyl sites for hydroxylation is 1. The first-order valence-corrected chi connectivity index (χ1v) is 9.87. The highest BCUT2D eigenvalue weighted by atomic mass is 35.5. The Hall–Kier alpha value is -2.44. The van der Waals surface area contributed by atoms with Crippen LogP contribution in [0.5, 0.6) is 0 Å². The molecule has 1 fully saturated rings. The van der Waals surface area contributed by atoms with E-state index in [-0.39, 0.29) is 11.9 Å². The van der Waals surface area contributed by atoms with Gasteiger partial charge in [0.2, 0.25) is 0 Å². The highest BCUT2D eigenvalue weighted by Crippen LogP contribution is 2.35. The van der Waals surface area contributed by atoms with E-state index in [0.29, 0.717) is 10.6 Å². The van der Waals surface area contributed by atoms with Crippen molar-refractivity contribution in [1.29, 1.82) is 0 Å². The van der Waals surface area contributed by atoms with Crippen LogP contribution in [0.1, 0.15) is 46.2 Å². The molecule has 2 aromatic heterocycles. The number of halogens is 1. The molecule has 1 aromatic carbocycles. The summed E-state index contributed by atoms with van der Waals surface area (Å²) < 4.78 is 1.92. The fourth-order valence-electron chi connectivity index (χ4n) is 3.97. The van der Waals surface area contributed by atoms with E-state index in [4.69, 9.17) is 11.6 Å². The molecule has 3 heterocycles. The van der Waals surface area contributed by atoms with Gasteiger partial charge in [-0.25, -0.2) is 9.50 Å². The van der Waals surface area contributed by atoms with Gasteiger partial charge in [0, 0.05) is 41.5 Å². The summed E-state index contributed by atoms with van der Waals surface area (Å²) in [6.45, 7) is 3.45. The fraction of sp³-hybridized carbons (Fsp3) is 0.381. The third kappa shape index (κ3) is 3.50. The van der Waals surface area contributed by atoms with Crippen molar-refractivity contribution in [3.05, 3.63) is 64.1 Å². The molecule has 0 N–H and O–H groups in total. The predicted octanol–water partition coefficient (Wildman–Crippen LogP) is 3.73. The van der Waals surface area contributed by atoms with Gasteiger partial charge in [0.1, 0.15) is 0 Å². The number of nitrogens with zero attached hydrogens (tertiary/aromatic N) is 5. The van der Waals surface area contributed by atoms with Crippen LogP contribution in [0.15, 0.2) is 36.5 Å². The maximum atomic E-state index is 13.2. The molecule has 1 aliphatic rings. The zero-order valence-corrected chi connectivity index (χ0v) is 17.1. The van der Waals surface area contributed by atoms with E-state index in [9.17, 15) is 4.79 Å². The minimum Gasteiger partial charge on any atom is -0.330 e. The van der Waals surface area contributed by atoms with Crippen LogP contribution in [-0.4, -0.2) is 50.9 Å². The highest BCUT2D eigenvalue weighted by Gasteiger charge is 2.34. The van der Waals surface area contributed by atoms with Crippen molar-refractivity contribution in [2.75, 3.05) is 20.6 Å². The zero-order valence-electron chi connectivity index (χ0n) is 16.4. The minimum absolute atomic E-state index is 0.0251. The first kappa shape index (κ1) is 18.9. The molecule has 0 bridgehead atoms. The third-order valence-corrected chi connectivity index (χ3v) is 5.38. The summed E-state index contributed by atoms with van der Waals surface area (Å²) in [6, 6.07) is 9.06. The molecule has 1 atom stereocenters. The van der Waals surface area contributed by atoms with E-state index in [2.05, 4.69) is 15.0 Å². The number of hydrogen-bond acceptors (Lipinski definition) is 4. The Morgan fingerprint density at radius 3 is 2.75 bits per heavy atom. The quantitative estimate of drug-likeness (QED) is 0.673. The average Bonchev–Trinajstić information content (AvgIpc) is 3.27. The molecule has 146 valence electrons. The van der Waals surface area contributed by atoms with Gasteiger partial charge in [-0.15, -0.1) is 0 Å². The summed E-state index contributed by atoms with van der Waals surface area (Å²) in [6.07, 6.45) is 3.81. The molecule has 1 amide bonds. The minimum atomic E-state index is -0.0251. The van der Waals surface area contributed by atoms with Gasteiger partial charge in [0.15, 0.2) is 5.65 Å². The number of rotatable bonds is 4. The maximum absolute atomic E-state index is 13.2. The average molecular weight is 398 g/mol. The molecule has 1 unspecified atom stereocenters. The van der Waals surface area contributed by atoms with Crippen molar-refractivity contribution in [2.45, 2.75) is 32.4 Å². The van der Waals surface area contributed by atoms with Crippen molar-refractivity contribution in [2.24, 2.45) is 0 Å². The Balaban J connectivity index is 1.78. The molecule has 4 rings (SSSR count). The van der Waals surface area contributed by atoms with Gasteiger partial charge in [-0.05, 0) is 58.1 Å². The lowest BCUT2D eigenvalue weighted by atomic mass is 10.0. The van der Waals surface area contributed by atoms with E-state index in [0.717, 1.165) is 48.5 Å². The lowest BCUT2D eigenvalue weighted by Gasteiger charge is -2.28. The Labute approximate surface area is 169 Å². The predicted molar refractivity (Wildman–Crippen MR) is 110 cm³/mol. The fourth-order valence-corrected chi connectivity index (χ4v) is 4.10. The van der Waals surface area contributed by atoms with Crippen LogP contribution >= 0.6 is 11.6 Å². The van der Waals surface area contributed by atoms with Crippen LogP contribution in [0, 0.1) is 6.92 Å². The van der Waals surface area contributed by atoms with Gasteiger partial charge in [0.25, 0.3) is 5.91 Å². The summed E-state index contributed by atoms with van der Waals surface area (Å²) in [5, 5.41) is 5.31. The Morgan fingerprint density at radius 2 is 2.04 bits per heavy atom. The molecule has 0 radical (unpaired) electrons. The second kappa shape index (κ2) is 7.53. The Kier molecular flexibility index (Phi) is 5.08. The number of amides is 1. The van der Waals surface area contributed by atoms with Crippen LogP contribution in [0.25, 0.3) is 5.65 Å². The highest BCUT2D eigenvalue weighted by molar-refractivity contribution is 6.30. The van der Waals surface area contributed by atoms with Crippen molar-refractivity contribution in [1.82, 2.24) is 24.4 Å². The molecule has 6 nitrogen and oxygen atoms in total. The van der Waals surface area contributed by atoms with Crippen molar-refractivity contribution < 1.29 is 4.79 Å². The summed E-state index contributed by atoms with van der Waals surface area (Å²) >= 11 is 5.99. The number of aromatic nitrogens is 3. The van der Waals surface area contributed by atoms with Crippen LogP contribution in [0.2, 0.25) is 5.02 Å². The van der Waals surface area contributed by atoms with Gasteiger partial charge in [0.05, 0.1) is 17.4 Å². The number of fused-ring (bicyclic) bond motifs is 1. The van der Waals surface area contributed by atoms with Gasteiger partial charge in [-0.3, -0.25) is 4.79 Å². The number of benzene rings is 1. The van der Waals surface area contributed by atoms with E-state index in [1.54, 1.807) is 24.3 Å². The summed E-state index contributed by atoms with van der Waals surface area (Å²) in [5.41, 5.74) is 4.56. The molecule has 28 heavy (non-hydrogen) atoms. The van der Waals surface area contributed by atoms with Crippen LogP contribution in [0.4, 0.5) is 0 Å². The smallest absolute Gasteiger partial charge is 0.254 e. The molecular formula is C21H24ClN5O. The summed E-state index contributed by atoms with van der Waals surface area (Å²) in [4.78, 5) is 21.9. The molecule has 1 saturated heterocycles. The standard InChI is InChI=1S/C21H24ClN5O/c1-14-11-19-23-12-16(13-25(2)3)20(27(19)24-14)18-5-4-10-26(18)21(28)15-6-8-17(22)9-7-15/h6-9,11-12,18H,4-5,10,13H2,1-3H3. The number of carbonyl (C=O) groups excluding carboxylic acids is 1. The normalized spacial score (nSPS) is 17.0. The third-order valence-electron chi connectivity index (χ3n) is 5.13. The summed E-state index contributed by atoms with van der Waals surface area (Å²) in [5.74, 6) is 0.0313. The topological polar surface area (TPSA) is 53.7 Å². The Bertz CT molecular complexity index is 1010. The van der Waals surface area contributed by atoms with Crippen molar-refractivity contribution >= 4 is 23.2 Å². The Morgan fingerprint density at radius 1 is 1.29 bits per heavy atom. The van der Waals surface area contributed by atoms with E-state index >= 15 is 0 Å². The van der Waals surface area contributed by atoms with Gasteiger partial charge >= 0.3 is 0 Å². The van der Waals surface area contributed by atoms with Crippen LogP contribution < -0.4 is 0 Å². The monoisotopic (exact) mass is 397 g/mol. The van der Waals surface area contributed by atoms with E-state index < -0.39 is 0 Å². The van der Waals surface area contributed by atoms with Gasteiger partial charge in [-0.1, -0.05) is 11.6 Å². The van der Waals surface area contributed by atoms with E-state index in [1.165, 1.54) is 0 Å². The lowest BCUT2D eigenvalue weighted by molar-refractivity contribution is 0.0730. The molecule has 3 aromatic rings. The second-order valence-corrected chi connectivity index (χ2v) is 8.06. The second-order valence-electron chi connectivity index (χ2n) is 7.63. The number of hydrogen-bond donors (Lipinski definition) is 0. The van der Waals surface area contributed by atoms with Gasteiger partial charge in [-0.2, -0.15) is 5.10 Å². The first-order chi connectivity index (χ1) is 13.4. The molecule has 0 aliphatic carbocycles. The maximum Gasteiger partial charge on any atom is 0.254 e. The summed E-state index contributed by atoms with van der Waals surface area (Å²) in [7, 11) is 4.07. The lowest BCUT2D eigenvalue weighted by Crippen LogP contribution is -2.32. The van der Waals surface area contributed by atoms with Gasteiger partial charge < -0.3 is 9.80 Å². The van der Waals surface area contributed by atoms with Crippen LogP contribution in [-0.2, 0) is 6.54 Å². The SMILES string of the molecule is Cc1cc2ncc(CN(C)C)c(C3CCCN3C(=O)c3ccc(Cl)cc3)n2n1. The van der Waals surface area contributed by atoms with Crippen molar-refractivity contribution in [3.63, 3.8) is 0 Å².